The van der Waals surface area contributed by atoms with Gasteiger partial charge in [-0.1, -0.05) is 41.0 Å². The average Bonchev–Trinajstić information content (AvgIpc) is 2.89. The maximum Gasteiger partial charge on any atom is 0.358 e. The van der Waals surface area contributed by atoms with E-state index in [2.05, 4.69) is 5.16 Å². The van der Waals surface area contributed by atoms with E-state index >= 15 is 0 Å². The summed E-state index contributed by atoms with van der Waals surface area (Å²) in [5, 5.41) is 4.29. The highest BCUT2D eigenvalue weighted by molar-refractivity contribution is 7.86. The molecule has 3 rings (SSSR count). The number of hydrogen-bond donors (Lipinski definition) is 0. The molecule has 0 saturated heterocycles. The van der Waals surface area contributed by atoms with Crippen LogP contribution in [0.3, 0.4) is 0 Å². The molecule has 6 heteroatoms. The van der Waals surface area contributed by atoms with Gasteiger partial charge < -0.3 is 0 Å². The zero-order chi connectivity index (χ0) is 14.9. The van der Waals surface area contributed by atoms with Gasteiger partial charge in [0.1, 0.15) is 4.90 Å². The first kappa shape index (κ1) is 14.1. The second kappa shape index (κ2) is 5.50. The maximum atomic E-state index is 12.0. The van der Waals surface area contributed by atoms with Gasteiger partial charge in [0.2, 0.25) is 0 Å². The van der Waals surface area contributed by atoms with Gasteiger partial charge in [0.15, 0.2) is 0 Å². The lowest BCUT2D eigenvalue weighted by Crippen LogP contribution is -2.05. The Bertz CT molecular complexity index is 798. The Morgan fingerprint density at radius 2 is 1.71 bits per heavy atom. The summed E-state index contributed by atoms with van der Waals surface area (Å²) in [4.78, 5) is 0.0301. The van der Waals surface area contributed by atoms with Crippen molar-refractivity contribution in [3.8, 4) is 0 Å². The Morgan fingerprint density at radius 1 is 1.00 bits per heavy atom. The Morgan fingerprint density at radius 3 is 2.48 bits per heavy atom. The molecule has 0 fully saturated rings. The number of fused-ring (bicyclic) bond motifs is 1. The summed E-state index contributed by atoms with van der Waals surface area (Å²) < 4.78 is 28.9. The predicted molar refractivity (Wildman–Crippen MR) is 81.0 cm³/mol. The highest BCUT2D eigenvalue weighted by atomic mass is 35.5. The van der Waals surface area contributed by atoms with Gasteiger partial charge in [-0.3, -0.25) is 4.28 Å². The Hall–Kier alpha value is -1.85. The van der Waals surface area contributed by atoms with Crippen LogP contribution in [0.1, 0.15) is 17.5 Å². The van der Waals surface area contributed by atoms with Crippen molar-refractivity contribution in [3.63, 3.8) is 0 Å². The molecular formula is C15H12ClNO3S. The Kier molecular flexibility index (Phi) is 3.69. The minimum Gasteiger partial charge on any atom is -0.264 e. The van der Waals surface area contributed by atoms with Crippen LogP contribution in [-0.2, 0) is 20.8 Å². The molecular weight excluding hydrogens is 310 g/mol. The standard InChI is InChI=1S/C15H12ClNO3S/c16-12-6-8-13(9-7-12)21(18,19)20-17-15-10-5-11-3-1-2-4-14(11)15/h1-4,6-9H,5,10H2/b17-15+. The van der Waals surface area contributed by atoms with Crippen LogP contribution >= 0.6 is 11.6 Å². The molecule has 4 nitrogen and oxygen atoms in total. The molecule has 108 valence electrons. The van der Waals surface area contributed by atoms with E-state index in [1.807, 2.05) is 24.3 Å². The van der Waals surface area contributed by atoms with Crippen molar-refractivity contribution in [2.24, 2.45) is 5.16 Å². The maximum absolute atomic E-state index is 12.0. The summed E-state index contributed by atoms with van der Waals surface area (Å²) in [6.45, 7) is 0. The largest absolute Gasteiger partial charge is 0.358 e. The molecule has 0 heterocycles. The number of benzene rings is 2. The minimum atomic E-state index is -3.91. The lowest BCUT2D eigenvalue weighted by molar-refractivity contribution is 0.338. The zero-order valence-corrected chi connectivity index (χ0v) is 12.6. The molecule has 0 radical (unpaired) electrons. The van der Waals surface area contributed by atoms with Gasteiger partial charge >= 0.3 is 10.1 Å². The summed E-state index contributed by atoms with van der Waals surface area (Å²) in [7, 11) is -3.91. The quantitative estimate of drug-likeness (QED) is 0.814. The lowest BCUT2D eigenvalue weighted by Gasteiger charge is -2.03. The molecule has 0 aliphatic heterocycles. The van der Waals surface area contributed by atoms with Gasteiger partial charge in [0.05, 0.1) is 5.71 Å². The second-order valence-electron chi connectivity index (χ2n) is 4.68. The van der Waals surface area contributed by atoms with Crippen LogP contribution in [0.25, 0.3) is 0 Å². The van der Waals surface area contributed by atoms with Crippen LogP contribution in [0, 0.1) is 0 Å². The molecule has 0 amide bonds. The Labute approximate surface area is 128 Å². The fourth-order valence-corrected chi connectivity index (χ4v) is 3.11. The number of hydrogen-bond acceptors (Lipinski definition) is 4. The molecule has 0 atom stereocenters. The van der Waals surface area contributed by atoms with Gasteiger partial charge in [0.25, 0.3) is 0 Å². The van der Waals surface area contributed by atoms with Gasteiger partial charge in [-0.05, 0) is 42.7 Å². The Balaban J connectivity index is 1.85. The van der Waals surface area contributed by atoms with Crippen LogP contribution < -0.4 is 0 Å². The summed E-state index contributed by atoms with van der Waals surface area (Å²) in [5.41, 5.74) is 2.76. The van der Waals surface area contributed by atoms with Gasteiger partial charge in [0, 0.05) is 10.6 Å². The molecule has 2 aromatic rings. The number of oxime groups is 1. The summed E-state index contributed by atoms with van der Waals surface area (Å²) in [6, 6.07) is 13.5. The third-order valence-corrected chi connectivity index (χ3v) is 4.68. The van der Waals surface area contributed by atoms with Crippen LogP contribution in [0.5, 0.6) is 0 Å². The normalized spacial score (nSPS) is 16.0. The summed E-state index contributed by atoms with van der Waals surface area (Å²) >= 11 is 5.74. The van der Waals surface area contributed by atoms with E-state index in [9.17, 15) is 8.42 Å². The fraction of sp³-hybridized carbons (Fsp3) is 0.133. The summed E-state index contributed by atoms with van der Waals surface area (Å²) in [5.74, 6) is 0. The van der Waals surface area contributed by atoms with E-state index in [0.29, 0.717) is 17.2 Å². The van der Waals surface area contributed by atoms with Crippen molar-refractivity contribution in [2.45, 2.75) is 17.7 Å². The fourth-order valence-electron chi connectivity index (χ4n) is 2.24. The lowest BCUT2D eigenvalue weighted by atomic mass is 10.1. The zero-order valence-electron chi connectivity index (χ0n) is 11.0. The van der Waals surface area contributed by atoms with Gasteiger partial charge in [-0.25, -0.2) is 0 Å². The number of nitrogens with zero attached hydrogens (tertiary/aromatic N) is 1. The molecule has 0 N–H and O–H groups in total. The van der Waals surface area contributed by atoms with Crippen molar-refractivity contribution >= 4 is 27.4 Å². The molecule has 0 unspecified atom stereocenters. The second-order valence-corrected chi connectivity index (χ2v) is 6.64. The number of halogens is 1. The van der Waals surface area contributed by atoms with Crippen molar-refractivity contribution in [1.29, 1.82) is 0 Å². The van der Waals surface area contributed by atoms with Crippen LogP contribution in [0.15, 0.2) is 58.6 Å². The molecule has 21 heavy (non-hydrogen) atoms. The molecule has 0 saturated carbocycles. The molecule has 0 bridgehead atoms. The van der Waals surface area contributed by atoms with Gasteiger partial charge in [-0.2, -0.15) is 8.42 Å². The molecule has 1 aliphatic rings. The first-order valence-electron chi connectivity index (χ1n) is 6.41. The highest BCUT2D eigenvalue weighted by Gasteiger charge is 2.20. The number of aryl methyl sites for hydroxylation is 1. The topological polar surface area (TPSA) is 55.7 Å². The third kappa shape index (κ3) is 2.94. The predicted octanol–water partition coefficient (Wildman–Crippen LogP) is 3.40. The average molecular weight is 322 g/mol. The van der Waals surface area contributed by atoms with Crippen molar-refractivity contribution < 1.29 is 12.7 Å². The third-order valence-electron chi connectivity index (χ3n) is 3.31. The molecule has 2 aromatic carbocycles. The monoisotopic (exact) mass is 321 g/mol. The highest BCUT2D eigenvalue weighted by Crippen LogP contribution is 2.23. The SMILES string of the molecule is O=S(=O)(O/N=C1\CCc2ccccc21)c1ccc(Cl)cc1. The van der Waals surface area contributed by atoms with Crippen molar-refractivity contribution in [3.05, 3.63) is 64.7 Å². The molecule has 1 aliphatic carbocycles. The van der Waals surface area contributed by atoms with E-state index in [1.54, 1.807) is 0 Å². The van der Waals surface area contributed by atoms with Crippen molar-refractivity contribution in [1.82, 2.24) is 0 Å². The number of rotatable bonds is 3. The first-order chi connectivity index (χ1) is 10.1. The van der Waals surface area contributed by atoms with Gasteiger partial charge in [-0.15, -0.1) is 0 Å². The molecule has 0 aromatic heterocycles. The van der Waals surface area contributed by atoms with E-state index in [0.717, 1.165) is 17.5 Å². The van der Waals surface area contributed by atoms with Crippen LogP contribution in [-0.4, -0.2) is 14.1 Å². The van der Waals surface area contributed by atoms with E-state index in [-0.39, 0.29) is 4.90 Å². The van der Waals surface area contributed by atoms with E-state index in [4.69, 9.17) is 15.9 Å². The molecule has 0 spiro atoms. The first-order valence-corrected chi connectivity index (χ1v) is 8.19. The van der Waals surface area contributed by atoms with E-state index in [1.165, 1.54) is 24.3 Å². The summed E-state index contributed by atoms with van der Waals surface area (Å²) in [6.07, 6.45) is 1.52. The van der Waals surface area contributed by atoms with Crippen LogP contribution in [0.2, 0.25) is 5.02 Å². The smallest absolute Gasteiger partial charge is 0.264 e. The van der Waals surface area contributed by atoms with Crippen molar-refractivity contribution in [2.75, 3.05) is 0 Å². The minimum absolute atomic E-state index is 0.0301. The van der Waals surface area contributed by atoms with Crippen LogP contribution in [0.4, 0.5) is 0 Å². The van der Waals surface area contributed by atoms with E-state index < -0.39 is 10.1 Å².